The van der Waals surface area contributed by atoms with Gasteiger partial charge in [0.15, 0.2) is 6.29 Å². The molecule has 0 aliphatic rings. The van der Waals surface area contributed by atoms with E-state index in [2.05, 4.69) is 6.92 Å². The van der Waals surface area contributed by atoms with Gasteiger partial charge in [-0.3, -0.25) is 4.55 Å². The maximum atomic E-state index is 10.8. The predicted octanol–water partition coefficient (Wildman–Crippen LogP) is 2.08. The molecule has 6 heteroatoms. The number of aliphatic hydroxyl groups excluding tert-OH is 1. The Bertz CT molecular complexity index is 287. The van der Waals surface area contributed by atoms with Gasteiger partial charge in [0.1, 0.15) is 5.25 Å². The average Bonchev–Trinajstić information content (AvgIpc) is 2.24. The zero-order chi connectivity index (χ0) is 14.0. The van der Waals surface area contributed by atoms with E-state index in [9.17, 15) is 8.42 Å². The summed E-state index contributed by atoms with van der Waals surface area (Å²) >= 11 is 0. The molecule has 18 heavy (non-hydrogen) atoms. The van der Waals surface area contributed by atoms with Crippen LogP contribution < -0.4 is 0 Å². The molecule has 0 radical (unpaired) electrons. The van der Waals surface area contributed by atoms with Crippen LogP contribution in [-0.4, -0.2) is 34.7 Å². The van der Waals surface area contributed by atoms with Crippen LogP contribution in [0.25, 0.3) is 0 Å². The molecular weight excluding hydrogens is 256 g/mol. The fourth-order valence-electron chi connectivity index (χ4n) is 1.93. The Hall–Kier alpha value is -0.170. The lowest BCUT2D eigenvalue weighted by atomic mass is 10.1. The quantitative estimate of drug-likeness (QED) is 0.306. The molecule has 0 aromatic carbocycles. The van der Waals surface area contributed by atoms with Gasteiger partial charge in [-0.05, 0) is 6.42 Å². The zero-order valence-electron chi connectivity index (χ0n) is 11.1. The van der Waals surface area contributed by atoms with Gasteiger partial charge in [-0.2, -0.15) is 8.42 Å². The van der Waals surface area contributed by atoms with Crippen LogP contribution in [0.1, 0.15) is 64.7 Å². The molecule has 0 aromatic rings. The van der Waals surface area contributed by atoms with Gasteiger partial charge in [0.25, 0.3) is 10.1 Å². The molecule has 0 saturated carbocycles. The van der Waals surface area contributed by atoms with Crippen molar-refractivity contribution in [1.29, 1.82) is 0 Å². The standard InChI is InChI=1S/C12H26O5S/c1-2-3-4-5-6-7-8-9-10-11(12(13)14)18(15,16)17/h11-14H,2-10H2,1H3,(H,15,16,17). The molecule has 0 fully saturated rings. The smallest absolute Gasteiger partial charge is 0.272 e. The normalized spacial score (nSPS) is 14.1. The molecule has 0 heterocycles. The van der Waals surface area contributed by atoms with Crippen LogP contribution in [0, 0.1) is 0 Å². The van der Waals surface area contributed by atoms with Crippen molar-refractivity contribution in [1.82, 2.24) is 0 Å². The molecule has 110 valence electrons. The van der Waals surface area contributed by atoms with Crippen molar-refractivity contribution in [3.05, 3.63) is 0 Å². The first-order chi connectivity index (χ1) is 8.39. The summed E-state index contributed by atoms with van der Waals surface area (Å²) in [7, 11) is -4.37. The molecule has 0 spiro atoms. The van der Waals surface area contributed by atoms with Crippen molar-refractivity contribution >= 4 is 10.1 Å². The van der Waals surface area contributed by atoms with E-state index in [0.29, 0.717) is 6.42 Å². The minimum Gasteiger partial charge on any atom is -0.367 e. The molecule has 1 atom stereocenters. The number of rotatable bonds is 11. The van der Waals surface area contributed by atoms with E-state index >= 15 is 0 Å². The van der Waals surface area contributed by atoms with E-state index < -0.39 is 21.7 Å². The maximum absolute atomic E-state index is 10.8. The van der Waals surface area contributed by atoms with Gasteiger partial charge in [0.05, 0.1) is 0 Å². The Balaban J connectivity index is 3.63. The summed E-state index contributed by atoms with van der Waals surface area (Å²) in [4.78, 5) is 0. The highest BCUT2D eigenvalue weighted by Gasteiger charge is 2.28. The topological polar surface area (TPSA) is 94.8 Å². The minimum absolute atomic E-state index is 0.0888. The number of unbranched alkanes of at least 4 members (excludes halogenated alkanes) is 7. The second-order valence-corrected chi connectivity index (χ2v) is 6.37. The van der Waals surface area contributed by atoms with Crippen molar-refractivity contribution in [2.24, 2.45) is 0 Å². The van der Waals surface area contributed by atoms with Gasteiger partial charge in [0.2, 0.25) is 0 Å². The summed E-state index contributed by atoms with van der Waals surface area (Å²) in [5.41, 5.74) is 0. The molecule has 5 nitrogen and oxygen atoms in total. The third kappa shape index (κ3) is 8.85. The molecule has 1 unspecified atom stereocenters. The zero-order valence-corrected chi connectivity index (χ0v) is 11.9. The van der Waals surface area contributed by atoms with Gasteiger partial charge < -0.3 is 10.2 Å². The summed E-state index contributed by atoms with van der Waals surface area (Å²) in [6.45, 7) is 2.16. The first-order valence-electron chi connectivity index (χ1n) is 6.72. The van der Waals surface area contributed by atoms with E-state index in [1.807, 2.05) is 0 Å². The van der Waals surface area contributed by atoms with E-state index in [-0.39, 0.29) is 6.42 Å². The summed E-state index contributed by atoms with van der Waals surface area (Å²) in [6, 6.07) is 0. The largest absolute Gasteiger partial charge is 0.367 e. The Kier molecular flexibility index (Phi) is 9.63. The molecule has 0 bridgehead atoms. The lowest BCUT2D eigenvalue weighted by Gasteiger charge is -2.15. The first-order valence-corrected chi connectivity index (χ1v) is 8.22. The predicted molar refractivity (Wildman–Crippen MR) is 70.8 cm³/mol. The van der Waals surface area contributed by atoms with Crippen LogP contribution in [0.2, 0.25) is 0 Å². The Morgan fingerprint density at radius 3 is 1.72 bits per heavy atom. The maximum Gasteiger partial charge on any atom is 0.272 e. The summed E-state index contributed by atoms with van der Waals surface area (Å²) in [6.07, 6.45) is 6.54. The number of hydrogen-bond donors (Lipinski definition) is 3. The highest BCUT2D eigenvalue weighted by molar-refractivity contribution is 7.86. The number of hydrogen-bond acceptors (Lipinski definition) is 4. The van der Waals surface area contributed by atoms with Crippen molar-refractivity contribution in [3.8, 4) is 0 Å². The number of aliphatic hydroxyl groups is 2. The lowest BCUT2D eigenvalue weighted by molar-refractivity contribution is -0.0446. The Morgan fingerprint density at radius 2 is 1.33 bits per heavy atom. The van der Waals surface area contributed by atoms with Crippen LogP contribution in [0.15, 0.2) is 0 Å². The van der Waals surface area contributed by atoms with Crippen LogP contribution in [-0.2, 0) is 10.1 Å². The van der Waals surface area contributed by atoms with Crippen molar-refractivity contribution < 1.29 is 23.2 Å². The second-order valence-electron chi connectivity index (χ2n) is 4.73. The fraction of sp³-hybridized carbons (Fsp3) is 1.00. The molecule has 0 saturated heterocycles. The molecule has 0 aliphatic heterocycles. The molecule has 0 aliphatic carbocycles. The van der Waals surface area contributed by atoms with Crippen molar-refractivity contribution in [2.45, 2.75) is 76.3 Å². The van der Waals surface area contributed by atoms with E-state index in [0.717, 1.165) is 19.3 Å². The monoisotopic (exact) mass is 282 g/mol. The van der Waals surface area contributed by atoms with Gasteiger partial charge in [0, 0.05) is 0 Å². The highest BCUT2D eigenvalue weighted by atomic mass is 32.2. The molecule has 3 N–H and O–H groups in total. The molecule has 0 amide bonds. The summed E-state index contributed by atoms with van der Waals surface area (Å²) < 4.78 is 30.5. The molecular formula is C12H26O5S. The minimum atomic E-state index is -4.37. The Morgan fingerprint density at radius 1 is 0.889 bits per heavy atom. The summed E-state index contributed by atoms with van der Waals surface area (Å²) in [5.74, 6) is 0. The third-order valence-corrected chi connectivity index (χ3v) is 4.30. The molecule has 0 rings (SSSR count). The Labute approximate surface area is 110 Å². The molecule has 0 aromatic heterocycles. The third-order valence-electron chi connectivity index (χ3n) is 3.06. The van der Waals surface area contributed by atoms with Crippen molar-refractivity contribution in [2.75, 3.05) is 0 Å². The van der Waals surface area contributed by atoms with Gasteiger partial charge >= 0.3 is 0 Å². The van der Waals surface area contributed by atoms with Crippen LogP contribution >= 0.6 is 0 Å². The second kappa shape index (κ2) is 9.72. The van der Waals surface area contributed by atoms with Gasteiger partial charge in [-0.1, -0.05) is 58.3 Å². The average molecular weight is 282 g/mol. The summed E-state index contributed by atoms with van der Waals surface area (Å²) in [5, 5.41) is 16.3. The van der Waals surface area contributed by atoms with Gasteiger partial charge in [-0.25, -0.2) is 0 Å². The van der Waals surface area contributed by atoms with Crippen molar-refractivity contribution in [3.63, 3.8) is 0 Å². The van der Waals surface area contributed by atoms with E-state index in [1.165, 1.54) is 25.7 Å². The highest BCUT2D eigenvalue weighted by Crippen LogP contribution is 2.15. The first kappa shape index (κ1) is 17.8. The SMILES string of the molecule is CCCCCCCCCCC(C(O)O)S(=O)(=O)O. The van der Waals surface area contributed by atoms with Gasteiger partial charge in [-0.15, -0.1) is 0 Å². The lowest BCUT2D eigenvalue weighted by Crippen LogP contribution is -2.33. The van der Waals surface area contributed by atoms with E-state index in [4.69, 9.17) is 14.8 Å². The van der Waals surface area contributed by atoms with Crippen LogP contribution in [0.3, 0.4) is 0 Å². The van der Waals surface area contributed by atoms with E-state index in [1.54, 1.807) is 0 Å². The van der Waals surface area contributed by atoms with Crippen LogP contribution in [0.4, 0.5) is 0 Å². The van der Waals surface area contributed by atoms with Crippen LogP contribution in [0.5, 0.6) is 0 Å². The fourth-order valence-corrected chi connectivity index (χ4v) is 2.70.